The third kappa shape index (κ3) is 4.65. The number of hydrogen-bond donors (Lipinski definition) is 1. The molecule has 2 aromatic rings. The van der Waals surface area contributed by atoms with Crippen LogP contribution in [-0.2, 0) is 6.67 Å². The summed E-state index contributed by atoms with van der Waals surface area (Å²) >= 11 is 5.39. The van der Waals surface area contributed by atoms with Gasteiger partial charge in [-0.25, -0.2) is 0 Å². The minimum absolute atomic E-state index is 0.362. The number of benzene rings is 1. The van der Waals surface area contributed by atoms with E-state index in [1.165, 1.54) is 4.90 Å². The SMILES string of the molecule is CC(C)C[NH+](CC(C)C)Cn1nc([C@H]2COc3ccccc3O2)oc1=S. The van der Waals surface area contributed by atoms with E-state index in [0.29, 0.717) is 41.6 Å². The summed E-state index contributed by atoms with van der Waals surface area (Å²) < 4.78 is 19.2. The molecule has 1 atom stereocenters. The van der Waals surface area contributed by atoms with Crippen LogP contribution in [0.3, 0.4) is 0 Å². The van der Waals surface area contributed by atoms with Crippen LogP contribution in [0, 0.1) is 16.7 Å². The van der Waals surface area contributed by atoms with Crippen LogP contribution in [0.1, 0.15) is 39.7 Å². The molecule has 1 aromatic carbocycles. The molecule has 0 bridgehead atoms. The van der Waals surface area contributed by atoms with E-state index in [-0.39, 0.29) is 6.10 Å². The molecule has 0 unspecified atom stereocenters. The van der Waals surface area contributed by atoms with E-state index >= 15 is 0 Å². The monoisotopic (exact) mass is 378 g/mol. The highest BCUT2D eigenvalue weighted by Gasteiger charge is 2.28. The second-order valence-corrected chi connectivity index (χ2v) is 8.02. The lowest BCUT2D eigenvalue weighted by Gasteiger charge is -2.24. The van der Waals surface area contributed by atoms with Crippen molar-refractivity contribution in [3.63, 3.8) is 0 Å². The first-order chi connectivity index (χ1) is 12.4. The lowest BCUT2D eigenvalue weighted by Crippen LogP contribution is -3.12. The van der Waals surface area contributed by atoms with Gasteiger partial charge in [0, 0.05) is 11.8 Å². The summed E-state index contributed by atoms with van der Waals surface area (Å²) in [6.45, 7) is 12.1. The third-order valence-electron chi connectivity index (χ3n) is 4.17. The fourth-order valence-corrected chi connectivity index (χ4v) is 3.46. The van der Waals surface area contributed by atoms with Crippen molar-refractivity contribution in [2.24, 2.45) is 11.8 Å². The van der Waals surface area contributed by atoms with Crippen LogP contribution in [0.4, 0.5) is 0 Å². The van der Waals surface area contributed by atoms with E-state index in [1.54, 1.807) is 4.68 Å². The quantitative estimate of drug-likeness (QED) is 0.751. The zero-order valence-electron chi connectivity index (χ0n) is 15.9. The van der Waals surface area contributed by atoms with E-state index in [9.17, 15) is 0 Å². The summed E-state index contributed by atoms with van der Waals surface area (Å²) in [5.41, 5.74) is 0. The molecule has 1 aliphatic rings. The van der Waals surface area contributed by atoms with Crippen molar-refractivity contribution >= 4 is 12.2 Å². The summed E-state index contributed by atoms with van der Waals surface area (Å²) in [5, 5.41) is 4.58. The fraction of sp³-hybridized carbons (Fsp3) is 0.579. The fourth-order valence-electron chi connectivity index (χ4n) is 3.27. The number of nitrogens with zero attached hydrogens (tertiary/aromatic N) is 2. The molecule has 0 saturated heterocycles. The van der Waals surface area contributed by atoms with Gasteiger partial charge in [-0.2, -0.15) is 4.68 Å². The Labute approximate surface area is 159 Å². The van der Waals surface area contributed by atoms with Crippen molar-refractivity contribution in [3.05, 3.63) is 35.0 Å². The normalized spacial score (nSPS) is 16.7. The molecule has 7 heteroatoms. The Morgan fingerprint density at radius 1 is 1.15 bits per heavy atom. The van der Waals surface area contributed by atoms with Crippen molar-refractivity contribution in [2.45, 2.75) is 40.5 Å². The highest BCUT2D eigenvalue weighted by Crippen LogP contribution is 2.35. The molecule has 1 aromatic heterocycles. The Bertz CT molecular complexity index is 774. The number of para-hydroxylation sites is 2. The average molecular weight is 379 g/mol. The average Bonchev–Trinajstić information content (AvgIpc) is 2.94. The first-order valence-electron chi connectivity index (χ1n) is 9.22. The Hall–Kier alpha value is -1.86. The van der Waals surface area contributed by atoms with Crippen LogP contribution < -0.4 is 14.4 Å². The van der Waals surface area contributed by atoms with E-state index in [0.717, 1.165) is 18.8 Å². The Balaban J connectivity index is 1.73. The van der Waals surface area contributed by atoms with Gasteiger partial charge >= 0.3 is 0 Å². The summed E-state index contributed by atoms with van der Waals surface area (Å²) in [4.78, 5) is 1.82. The summed E-state index contributed by atoms with van der Waals surface area (Å²) in [7, 11) is 0. The number of hydrogen-bond acceptors (Lipinski definition) is 5. The highest BCUT2D eigenvalue weighted by atomic mass is 32.1. The molecule has 142 valence electrons. The third-order valence-corrected chi connectivity index (χ3v) is 4.47. The minimum atomic E-state index is -0.383. The molecule has 0 amide bonds. The number of fused-ring (bicyclic) bond motifs is 1. The molecule has 6 nitrogen and oxygen atoms in total. The second-order valence-electron chi connectivity index (χ2n) is 7.67. The number of quaternary nitrogens is 1. The Morgan fingerprint density at radius 2 is 1.81 bits per heavy atom. The smallest absolute Gasteiger partial charge is 0.292 e. The molecule has 2 heterocycles. The zero-order valence-corrected chi connectivity index (χ0v) is 16.7. The van der Waals surface area contributed by atoms with E-state index in [1.807, 2.05) is 24.3 Å². The van der Waals surface area contributed by atoms with Gasteiger partial charge in [0.15, 0.2) is 18.2 Å². The highest BCUT2D eigenvalue weighted by molar-refractivity contribution is 7.71. The van der Waals surface area contributed by atoms with Gasteiger partial charge in [-0.3, -0.25) is 0 Å². The van der Waals surface area contributed by atoms with Crippen LogP contribution in [0.2, 0.25) is 0 Å². The zero-order chi connectivity index (χ0) is 18.7. The molecule has 0 saturated carbocycles. The van der Waals surface area contributed by atoms with Crippen LogP contribution >= 0.6 is 12.2 Å². The molecule has 0 aliphatic carbocycles. The van der Waals surface area contributed by atoms with Crippen molar-refractivity contribution in [3.8, 4) is 11.5 Å². The van der Waals surface area contributed by atoms with E-state index in [4.69, 9.17) is 26.1 Å². The first kappa shape index (κ1) is 18.9. The summed E-state index contributed by atoms with van der Waals surface area (Å²) in [6, 6.07) is 7.60. The van der Waals surface area contributed by atoms with E-state index < -0.39 is 0 Å². The molecule has 0 radical (unpaired) electrons. The molecule has 1 aliphatic heterocycles. The van der Waals surface area contributed by atoms with Gasteiger partial charge in [0.1, 0.15) is 6.61 Å². The maximum absolute atomic E-state index is 5.97. The van der Waals surface area contributed by atoms with Crippen LogP contribution in [0.5, 0.6) is 11.5 Å². The van der Waals surface area contributed by atoms with E-state index in [2.05, 4.69) is 32.8 Å². The molecular weight excluding hydrogens is 350 g/mol. The number of aromatic nitrogens is 2. The number of rotatable bonds is 7. The van der Waals surface area contributed by atoms with Gasteiger partial charge < -0.3 is 18.8 Å². The molecule has 0 spiro atoms. The van der Waals surface area contributed by atoms with Crippen molar-refractivity contribution in [1.29, 1.82) is 0 Å². The number of nitrogens with one attached hydrogen (secondary N) is 1. The summed E-state index contributed by atoms with van der Waals surface area (Å²) in [5.74, 6) is 3.13. The molecule has 3 rings (SSSR count). The molecular formula is C19H28N3O3S+. The van der Waals surface area contributed by atoms with Gasteiger partial charge in [0.05, 0.1) is 13.1 Å². The lowest BCUT2D eigenvalue weighted by atomic mass is 10.1. The maximum Gasteiger partial charge on any atom is 0.292 e. The Kier molecular flexibility index (Phi) is 5.98. The van der Waals surface area contributed by atoms with Crippen molar-refractivity contribution in [2.75, 3.05) is 19.7 Å². The number of ether oxygens (including phenoxy) is 2. The van der Waals surface area contributed by atoms with Crippen molar-refractivity contribution < 1.29 is 18.8 Å². The predicted octanol–water partition coefficient (Wildman–Crippen LogP) is 2.87. The maximum atomic E-state index is 5.97. The van der Waals surface area contributed by atoms with Gasteiger partial charge in [-0.15, -0.1) is 5.10 Å². The second kappa shape index (κ2) is 8.22. The van der Waals surface area contributed by atoms with Crippen LogP contribution in [0.25, 0.3) is 0 Å². The van der Waals surface area contributed by atoms with Gasteiger partial charge in [-0.05, 0) is 24.4 Å². The summed E-state index contributed by atoms with van der Waals surface area (Å²) in [6.07, 6.45) is -0.383. The molecule has 0 fully saturated rings. The minimum Gasteiger partial charge on any atom is -0.485 e. The molecule has 26 heavy (non-hydrogen) atoms. The van der Waals surface area contributed by atoms with Crippen LogP contribution in [-0.4, -0.2) is 29.5 Å². The lowest BCUT2D eigenvalue weighted by molar-refractivity contribution is -0.929. The Morgan fingerprint density at radius 3 is 2.46 bits per heavy atom. The first-order valence-corrected chi connectivity index (χ1v) is 9.63. The van der Waals surface area contributed by atoms with Gasteiger partial charge in [0.2, 0.25) is 6.10 Å². The topological polar surface area (TPSA) is 53.9 Å². The van der Waals surface area contributed by atoms with Crippen LogP contribution in [0.15, 0.2) is 28.7 Å². The largest absolute Gasteiger partial charge is 0.485 e. The molecule has 1 N–H and O–H groups in total. The predicted molar refractivity (Wildman–Crippen MR) is 101 cm³/mol. The standard InChI is InChI=1S/C19H27N3O3S/c1-13(2)9-21(10-14(3)4)12-22-19(26)25-18(20-22)17-11-23-15-7-5-6-8-16(15)24-17/h5-8,13-14,17H,9-12H2,1-4H3/p+1/t17-/m1/s1. The van der Waals surface area contributed by atoms with Gasteiger partial charge in [0.25, 0.3) is 10.7 Å². The van der Waals surface area contributed by atoms with Crippen molar-refractivity contribution in [1.82, 2.24) is 9.78 Å². The van der Waals surface area contributed by atoms with Gasteiger partial charge in [-0.1, -0.05) is 39.8 Å².